The van der Waals surface area contributed by atoms with Gasteiger partial charge in [0.1, 0.15) is 0 Å². The second kappa shape index (κ2) is 7.46. The Kier molecular flexibility index (Phi) is 5.91. The van der Waals surface area contributed by atoms with Crippen LogP contribution >= 0.6 is 39.1 Å². The Bertz CT molecular complexity index is 569. The van der Waals surface area contributed by atoms with Crippen LogP contribution in [-0.4, -0.2) is 13.7 Å². The Hall–Kier alpha value is -0.540. The lowest BCUT2D eigenvalue weighted by Crippen LogP contribution is -1.97. The summed E-state index contributed by atoms with van der Waals surface area (Å²) >= 11 is 15.9. The van der Waals surface area contributed by atoms with E-state index < -0.39 is 0 Å². The zero-order chi connectivity index (χ0) is 14.5. The fraction of sp³-hybridized carbons (Fsp3) is 0.250. The summed E-state index contributed by atoms with van der Waals surface area (Å²) in [6.45, 7) is 0.736. The van der Waals surface area contributed by atoms with E-state index in [1.807, 2.05) is 12.1 Å². The van der Waals surface area contributed by atoms with E-state index in [1.165, 1.54) is 5.56 Å². The van der Waals surface area contributed by atoms with Gasteiger partial charge >= 0.3 is 0 Å². The van der Waals surface area contributed by atoms with Gasteiger partial charge in [0.2, 0.25) is 0 Å². The van der Waals surface area contributed by atoms with Gasteiger partial charge in [0.15, 0.2) is 0 Å². The molecule has 2 aromatic carbocycles. The minimum atomic E-state index is 0.0590. The van der Waals surface area contributed by atoms with Gasteiger partial charge in [-0.1, -0.05) is 69.5 Å². The number of hydrogen-bond acceptors (Lipinski definition) is 1. The molecule has 0 aromatic heterocycles. The number of alkyl halides is 1. The summed E-state index contributed by atoms with van der Waals surface area (Å²) in [7, 11) is 1.71. The lowest BCUT2D eigenvalue weighted by Gasteiger charge is -2.13. The van der Waals surface area contributed by atoms with E-state index in [2.05, 4.69) is 40.2 Å². The van der Waals surface area contributed by atoms with Crippen LogP contribution in [-0.2, 0) is 11.2 Å². The molecule has 0 heterocycles. The van der Waals surface area contributed by atoms with Crippen LogP contribution in [0.4, 0.5) is 0 Å². The van der Waals surface area contributed by atoms with E-state index in [0.717, 1.165) is 24.2 Å². The van der Waals surface area contributed by atoms with Crippen LogP contribution in [0.3, 0.4) is 0 Å². The van der Waals surface area contributed by atoms with Crippen molar-refractivity contribution >= 4 is 39.1 Å². The van der Waals surface area contributed by atoms with Gasteiger partial charge in [0.05, 0.1) is 11.4 Å². The zero-order valence-corrected chi connectivity index (χ0v) is 14.2. The van der Waals surface area contributed by atoms with Crippen LogP contribution in [0.5, 0.6) is 0 Å². The molecule has 0 aliphatic heterocycles. The predicted molar refractivity (Wildman–Crippen MR) is 89.3 cm³/mol. The first-order valence-corrected chi connectivity index (χ1v) is 7.96. The van der Waals surface area contributed by atoms with E-state index in [1.54, 1.807) is 13.2 Å². The Morgan fingerprint density at radius 1 is 1.10 bits per heavy atom. The van der Waals surface area contributed by atoms with E-state index in [9.17, 15) is 0 Å². The average molecular weight is 374 g/mol. The molecule has 106 valence electrons. The Morgan fingerprint density at radius 2 is 1.80 bits per heavy atom. The van der Waals surface area contributed by atoms with E-state index in [-0.39, 0.29) is 4.83 Å². The highest BCUT2D eigenvalue weighted by molar-refractivity contribution is 9.09. The third-order valence-corrected chi connectivity index (χ3v) is 4.69. The number of halogens is 3. The molecular weight excluding hydrogens is 359 g/mol. The second-order valence-electron chi connectivity index (χ2n) is 4.51. The Morgan fingerprint density at radius 3 is 2.40 bits per heavy atom. The number of methoxy groups -OCH3 is 1. The van der Waals surface area contributed by atoms with Crippen molar-refractivity contribution in [1.82, 2.24) is 0 Å². The zero-order valence-electron chi connectivity index (χ0n) is 11.1. The summed E-state index contributed by atoms with van der Waals surface area (Å²) in [5, 5.41) is 1.32. The first-order valence-electron chi connectivity index (χ1n) is 6.28. The third-order valence-electron chi connectivity index (χ3n) is 3.10. The summed E-state index contributed by atoms with van der Waals surface area (Å²) in [6, 6.07) is 14.0. The molecule has 1 atom stereocenters. The molecule has 0 N–H and O–H groups in total. The van der Waals surface area contributed by atoms with Crippen LogP contribution in [0.1, 0.15) is 21.5 Å². The molecule has 0 aliphatic rings. The van der Waals surface area contributed by atoms with Crippen molar-refractivity contribution in [3.63, 3.8) is 0 Å². The molecule has 0 aliphatic carbocycles. The van der Waals surface area contributed by atoms with Crippen molar-refractivity contribution in [1.29, 1.82) is 0 Å². The SMILES string of the molecule is COCCc1ccc(C(Br)c2ccc(Cl)cc2Cl)cc1. The highest BCUT2D eigenvalue weighted by atomic mass is 79.9. The molecule has 1 unspecified atom stereocenters. The Labute approximate surface area is 138 Å². The monoisotopic (exact) mass is 372 g/mol. The largest absolute Gasteiger partial charge is 0.384 e. The smallest absolute Gasteiger partial charge is 0.0659 e. The maximum absolute atomic E-state index is 6.24. The van der Waals surface area contributed by atoms with Crippen LogP contribution in [0.15, 0.2) is 42.5 Å². The standard InChI is InChI=1S/C16H15BrCl2O/c1-20-9-8-11-2-4-12(5-3-11)16(17)14-7-6-13(18)10-15(14)19/h2-7,10,16H,8-9H2,1H3. The quantitative estimate of drug-likeness (QED) is 0.613. The number of hydrogen-bond donors (Lipinski definition) is 0. The minimum Gasteiger partial charge on any atom is -0.384 e. The topological polar surface area (TPSA) is 9.23 Å². The molecule has 0 amide bonds. The fourth-order valence-corrected chi connectivity index (χ4v) is 3.31. The normalized spacial score (nSPS) is 12.4. The number of ether oxygens (including phenoxy) is 1. The van der Waals surface area contributed by atoms with Gasteiger partial charge in [-0.05, 0) is 35.2 Å². The van der Waals surface area contributed by atoms with Gasteiger partial charge in [0.25, 0.3) is 0 Å². The molecule has 0 radical (unpaired) electrons. The summed E-state index contributed by atoms with van der Waals surface area (Å²) < 4.78 is 5.08. The van der Waals surface area contributed by atoms with Crippen LogP contribution in [0.2, 0.25) is 10.0 Å². The van der Waals surface area contributed by atoms with Crippen LogP contribution in [0, 0.1) is 0 Å². The summed E-state index contributed by atoms with van der Waals surface area (Å²) in [6.07, 6.45) is 0.922. The fourth-order valence-electron chi connectivity index (χ4n) is 1.96. The van der Waals surface area contributed by atoms with E-state index >= 15 is 0 Å². The van der Waals surface area contributed by atoms with Gasteiger partial charge in [-0.25, -0.2) is 0 Å². The van der Waals surface area contributed by atoms with Crippen LogP contribution < -0.4 is 0 Å². The maximum atomic E-state index is 6.24. The van der Waals surface area contributed by atoms with Crippen molar-refractivity contribution in [2.75, 3.05) is 13.7 Å². The first kappa shape index (κ1) is 15.8. The van der Waals surface area contributed by atoms with Crippen molar-refractivity contribution < 1.29 is 4.74 Å². The molecule has 1 nitrogen and oxygen atoms in total. The van der Waals surface area contributed by atoms with Gasteiger partial charge in [-0.15, -0.1) is 0 Å². The first-order chi connectivity index (χ1) is 9.61. The van der Waals surface area contributed by atoms with Crippen molar-refractivity contribution in [2.45, 2.75) is 11.2 Å². The molecule has 2 aromatic rings. The molecule has 4 heteroatoms. The molecule has 0 spiro atoms. The molecule has 20 heavy (non-hydrogen) atoms. The number of benzene rings is 2. The third kappa shape index (κ3) is 3.98. The summed E-state index contributed by atoms with van der Waals surface area (Å²) in [5.41, 5.74) is 3.44. The molecule has 0 saturated heterocycles. The van der Waals surface area contributed by atoms with E-state index in [0.29, 0.717) is 10.0 Å². The van der Waals surface area contributed by atoms with Gasteiger partial charge in [0, 0.05) is 17.2 Å². The molecular formula is C16H15BrCl2O. The summed E-state index contributed by atoms with van der Waals surface area (Å²) in [5.74, 6) is 0. The highest BCUT2D eigenvalue weighted by Gasteiger charge is 2.14. The van der Waals surface area contributed by atoms with Crippen molar-refractivity contribution in [3.8, 4) is 0 Å². The summed E-state index contributed by atoms with van der Waals surface area (Å²) in [4.78, 5) is 0.0590. The second-order valence-corrected chi connectivity index (χ2v) is 6.27. The lowest BCUT2D eigenvalue weighted by molar-refractivity contribution is 0.202. The number of rotatable bonds is 5. The van der Waals surface area contributed by atoms with Gasteiger partial charge < -0.3 is 4.74 Å². The van der Waals surface area contributed by atoms with E-state index in [4.69, 9.17) is 27.9 Å². The lowest BCUT2D eigenvalue weighted by atomic mass is 10.0. The highest BCUT2D eigenvalue weighted by Crippen LogP contribution is 2.36. The Balaban J connectivity index is 2.18. The molecule has 0 saturated carbocycles. The average Bonchev–Trinajstić information content (AvgIpc) is 2.45. The van der Waals surface area contributed by atoms with Crippen molar-refractivity contribution in [2.24, 2.45) is 0 Å². The maximum Gasteiger partial charge on any atom is 0.0659 e. The minimum absolute atomic E-state index is 0.0590. The molecule has 0 fully saturated rings. The predicted octanol–water partition coefficient (Wildman–Crippen LogP) is 5.67. The molecule has 2 rings (SSSR count). The van der Waals surface area contributed by atoms with Crippen LogP contribution in [0.25, 0.3) is 0 Å². The van der Waals surface area contributed by atoms with Crippen molar-refractivity contribution in [3.05, 3.63) is 69.2 Å². The molecule has 0 bridgehead atoms. The van der Waals surface area contributed by atoms with Gasteiger partial charge in [-0.2, -0.15) is 0 Å². The van der Waals surface area contributed by atoms with Gasteiger partial charge in [-0.3, -0.25) is 0 Å².